The first-order valence-corrected chi connectivity index (χ1v) is 12.1. The Balaban J connectivity index is 1.50. The van der Waals surface area contributed by atoms with Gasteiger partial charge in [-0.05, 0) is 35.8 Å². The molecule has 0 saturated carbocycles. The summed E-state index contributed by atoms with van der Waals surface area (Å²) < 4.78 is 6.49. The maximum atomic E-state index is 12.9. The summed E-state index contributed by atoms with van der Waals surface area (Å²) in [6.45, 7) is 2.32. The lowest BCUT2D eigenvalue weighted by Gasteiger charge is -2.15. The monoisotopic (exact) mass is 489 g/mol. The largest absolute Gasteiger partial charge is 0.507 e. The summed E-state index contributed by atoms with van der Waals surface area (Å²) in [7, 11) is 0. The quantitative estimate of drug-likeness (QED) is 0.242. The molecule has 34 heavy (non-hydrogen) atoms. The molecule has 1 saturated heterocycles. The minimum atomic E-state index is -0.221. The molecule has 7 heteroatoms. The number of hydrogen-bond acceptors (Lipinski definition) is 6. The molecule has 1 amide bonds. The highest BCUT2D eigenvalue weighted by molar-refractivity contribution is 8.26. The number of thiocarbonyl (C=S) groups is 1. The first kappa shape index (κ1) is 23.7. The molecule has 1 fully saturated rings. The maximum Gasteiger partial charge on any atom is 0.263 e. The number of amides is 1. The van der Waals surface area contributed by atoms with E-state index in [-0.39, 0.29) is 23.0 Å². The van der Waals surface area contributed by atoms with Crippen LogP contribution in [0.4, 0.5) is 0 Å². The molecular formula is C27H23NO4S2. The molecule has 1 aliphatic heterocycles. The lowest BCUT2D eigenvalue weighted by atomic mass is 9.97. The zero-order valence-corrected chi connectivity index (χ0v) is 20.2. The van der Waals surface area contributed by atoms with Crippen LogP contribution in [-0.2, 0) is 17.8 Å². The third-order valence-electron chi connectivity index (χ3n) is 5.33. The normalized spacial score (nSPS) is 14.3. The van der Waals surface area contributed by atoms with Gasteiger partial charge in [0, 0.05) is 11.1 Å². The SMILES string of the molecule is CCCc1c(OCc2ccc(/C=C3\SC(=S)NC3=O)cc2)ccc(C(=O)c2ccccc2)c1O. The predicted molar refractivity (Wildman–Crippen MR) is 139 cm³/mol. The average molecular weight is 490 g/mol. The van der Waals surface area contributed by atoms with E-state index in [2.05, 4.69) is 5.32 Å². The van der Waals surface area contributed by atoms with Crippen LogP contribution in [0.25, 0.3) is 6.08 Å². The van der Waals surface area contributed by atoms with Crippen molar-refractivity contribution in [3.8, 4) is 11.5 Å². The number of carbonyl (C=O) groups is 2. The van der Waals surface area contributed by atoms with E-state index < -0.39 is 0 Å². The van der Waals surface area contributed by atoms with Gasteiger partial charge in [0.25, 0.3) is 5.91 Å². The van der Waals surface area contributed by atoms with Gasteiger partial charge < -0.3 is 15.2 Å². The third-order valence-corrected chi connectivity index (χ3v) is 6.50. The van der Waals surface area contributed by atoms with Crippen LogP contribution in [0.3, 0.4) is 0 Å². The van der Waals surface area contributed by atoms with Crippen molar-refractivity contribution < 1.29 is 19.4 Å². The number of ether oxygens (including phenoxy) is 1. The number of nitrogens with one attached hydrogen (secondary N) is 1. The number of ketones is 1. The Bertz CT molecular complexity index is 1270. The topological polar surface area (TPSA) is 75.6 Å². The van der Waals surface area contributed by atoms with Crippen molar-refractivity contribution in [1.82, 2.24) is 5.32 Å². The second-order valence-corrected chi connectivity index (χ2v) is 9.48. The molecule has 3 aromatic carbocycles. The van der Waals surface area contributed by atoms with Gasteiger partial charge >= 0.3 is 0 Å². The Morgan fingerprint density at radius 3 is 2.47 bits per heavy atom. The van der Waals surface area contributed by atoms with E-state index in [4.69, 9.17) is 17.0 Å². The second kappa shape index (κ2) is 10.7. The van der Waals surface area contributed by atoms with E-state index in [1.807, 2.05) is 37.3 Å². The minimum absolute atomic E-state index is 0.0274. The van der Waals surface area contributed by atoms with Crippen molar-refractivity contribution >= 4 is 46.1 Å². The van der Waals surface area contributed by atoms with Crippen LogP contribution < -0.4 is 10.1 Å². The van der Waals surface area contributed by atoms with E-state index >= 15 is 0 Å². The van der Waals surface area contributed by atoms with Crippen LogP contribution >= 0.6 is 24.0 Å². The number of phenols is 1. The molecule has 5 nitrogen and oxygen atoms in total. The van der Waals surface area contributed by atoms with Gasteiger partial charge in [-0.2, -0.15) is 0 Å². The van der Waals surface area contributed by atoms with E-state index in [9.17, 15) is 14.7 Å². The van der Waals surface area contributed by atoms with Gasteiger partial charge in [0.15, 0.2) is 5.78 Å². The van der Waals surface area contributed by atoms with Crippen LogP contribution in [-0.4, -0.2) is 21.1 Å². The first-order chi connectivity index (χ1) is 16.5. The summed E-state index contributed by atoms with van der Waals surface area (Å²) >= 11 is 6.26. The predicted octanol–water partition coefficient (Wildman–Crippen LogP) is 5.64. The molecule has 1 aliphatic rings. The highest BCUT2D eigenvalue weighted by atomic mass is 32.2. The number of aromatic hydroxyl groups is 1. The molecule has 4 rings (SSSR count). The van der Waals surface area contributed by atoms with Crippen molar-refractivity contribution in [1.29, 1.82) is 0 Å². The van der Waals surface area contributed by atoms with Crippen LogP contribution in [0.2, 0.25) is 0 Å². The Morgan fingerprint density at radius 1 is 1.09 bits per heavy atom. The maximum absolute atomic E-state index is 12.9. The Kier molecular flexibility index (Phi) is 7.45. The Hall–Kier alpha value is -3.42. The van der Waals surface area contributed by atoms with Gasteiger partial charge in [0.05, 0.1) is 10.5 Å². The van der Waals surface area contributed by atoms with Crippen molar-refractivity contribution in [3.63, 3.8) is 0 Å². The summed E-state index contributed by atoms with van der Waals surface area (Å²) in [5.74, 6) is 0.129. The highest BCUT2D eigenvalue weighted by Crippen LogP contribution is 2.34. The Labute approximate surface area is 207 Å². The smallest absolute Gasteiger partial charge is 0.263 e. The number of rotatable bonds is 8. The van der Waals surface area contributed by atoms with Crippen LogP contribution in [0.5, 0.6) is 11.5 Å². The van der Waals surface area contributed by atoms with Crippen LogP contribution in [0, 0.1) is 0 Å². The standard InChI is InChI=1S/C27H23NO4S2/c1-2-6-20-22(14-13-21(25(20)30)24(29)19-7-4-3-5-8-19)32-16-18-11-9-17(10-12-18)15-23-26(31)28-27(33)34-23/h3-5,7-15,30H,2,6,16H2,1H3,(H,28,31,33)/b23-15-. The van der Waals surface area contributed by atoms with Crippen molar-refractivity contribution in [2.75, 3.05) is 0 Å². The summed E-state index contributed by atoms with van der Waals surface area (Å²) in [5.41, 5.74) is 3.25. The minimum Gasteiger partial charge on any atom is -0.507 e. The fourth-order valence-electron chi connectivity index (χ4n) is 3.62. The number of phenolic OH excluding ortho intramolecular Hbond substituents is 1. The molecule has 172 valence electrons. The van der Waals surface area contributed by atoms with E-state index in [1.165, 1.54) is 11.8 Å². The molecule has 0 atom stereocenters. The van der Waals surface area contributed by atoms with Gasteiger partial charge in [-0.1, -0.05) is 91.9 Å². The number of carbonyl (C=O) groups excluding carboxylic acids is 2. The van der Waals surface area contributed by atoms with E-state index in [0.717, 1.165) is 17.5 Å². The summed E-state index contributed by atoms with van der Waals surface area (Å²) in [4.78, 5) is 25.3. The molecule has 0 aromatic heterocycles. The lowest BCUT2D eigenvalue weighted by Crippen LogP contribution is -2.17. The van der Waals surface area contributed by atoms with E-state index in [0.29, 0.717) is 39.1 Å². The molecular weight excluding hydrogens is 466 g/mol. The fourth-order valence-corrected chi connectivity index (χ4v) is 4.66. The summed E-state index contributed by atoms with van der Waals surface area (Å²) in [5, 5.41) is 13.5. The molecule has 2 N–H and O–H groups in total. The van der Waals surface area contributed by atoms with Crippen molar-refractivity contribution in [3.05, 3.63) is 99.5 Å². The van der Waals surface area contributed by atoms with Crippen molar-refractivity contribution in [2.45, 2.75) is 26.4 Å². The van der Waals surface area contributed by atoms with Gasteiger partial charge in [0.1, 0.15) is 22.4 Å². The van der Waals surface area contributed by atoms with Crippen LogP contribution in [0.1, 0.15) is 46.0 Å². The molecule has 0 bridgehead atoms. The van der Waals surface area contributed by atoms with Gasteiger partial charge in [0.2, 0.25) is 0 Å². The van der Waals surface area contributed by atoms with Gasteiger partial charge in [-0.15, -0.1) is 0 Å². The third kappa shape index (κ3) is 5.38. The molecule has 0 radical (unpaired) electrons. The van der Waals surface area contributed by atoms with Gasteiger partial charge in [-0.25, -0.2) is 0 Å². The first-order valence-electron chi connectivity index (χ1n) is 10.9. The van der Waals surface area contributed by atoms with Gasteiger partial charge in [-0.3, -0.25) is 9.59 Å². The summed E-state index contributed by atoms with van der Waals surface area (Å²) in [6.07, 6.45) is 3.18. The number of thioether (sulfide) groups is 1. The lowest BCUT2D eigenvalue weighted by molar-refractivity contribution is -0.115. The van der Waals surface area contributed by atoms with Crippen LogP contribution in [0.15, 0.2) is 71.6 Å². The zero-order chi connectivity index (χ0) is 24.1. The molecule has 0 spiro atoms. The van der Waals surface area contributed by atoms with Crippen molar-refractivity contribution in [2.24, 2.45) is 0 Å². The Morgan fingerprint density at radius 2 is 1.82 bits per heavy atom. The second-order valence-electron chi connectivity index (χ2n) is 7.77. The highest BCUT2D eigenvalue weighted by Gasteiger charge is 2.22. The average Bonchev–Trinajstić information content (AvgIpc) is 3.17. The zero-order valence-electron chi connectivity index (χ0n) is 18.5. The fraction of sp³-hybridized carbons (Fsp3) is 0.148. The molecule has 0 unspecified atom stereocenters. The number of benzene rings is 3. The number of hydrogen-bond donors (Lipinski definition) is 2. The molecule has 1 heterocycles. The molecule has 3 aromatic rings. The molecule has 0 aliphatic carbocycles. The summed E-state index contributed by atoms with van der Waals surface area (Å²) in [6, 6.07) is 19.9. The van der Waals surface area contributed by atoms with E-state index in [1.54, 1.807) is 42.5 Å².